The van der Waals surface area contributed by atoms with Gasteiger partial charge in [-0.15, -0.1) is 0 Å². The molecule has 3 nitrogen and oxygen atoms in total. The highest BCUT2D eigenvalue weighted by Gasteiger charge is 2.18. The lowest BCUT2D eigenvalue weighted by molar-refractivity contribution is 0.0973. The van der Waals surface area contributed by atoms with Crippen molar-refractivity contribution >= 4 is 5.78 Å². The zero-order chi connectivity index (χ0) is 13.2. The molecule has 0 bridgehead atoms. The highest BCUT2D eigenvalue weighted by atomic mass is 16.5. The number of methoxy groups -OCH3 is 1. The lowest BCUT2D eigenvalue weighted by atomic mass is 9.95. The van der Waals surface area contributed by atoms with Crippen molar-refractivity contribution in [1.29, 1.82) is 0 Å². The van der Waals surface area contributed by atoms with Crippen LogP contribution in [0.4, 0.5) is 0 Å². The molecule has 2 aromatic rings. The number of aryl methyl sites for hydroxylation is 1. The molecular weight excluding hydrogens is 238 g/mol. The predicted octanol–water partition coefficient (Wildman–Crippen LogP) is 3.06. The van der Waals surface area contributed by atoms with E-state index in [0.717, 1.165) is 30.7 Å². The van der Waals surface area contributed by atoms with Crippen molar-refractivity contribution in [2.45, 2.75) is 25.8 Å². The quantitative estimate of drug-likeness (QED) is 0.844. The highest BCUT2D eigenvalue weighted by Crippen LogP contribution is 2.22. The number of carbonyl (C=O) groups is 1. The van der Waals surface area contributed by atoms with Gasteiger partial charge in [-0.1, -0.05) is 12.1 Å². The molecule has 3 heteroatoms. The van der Waals surface area contributed by atoms with Crippen molar-refractivity contribution in [1.82, 2.24) is 4.57 Å². The van der Waals surface area contributed by atoms with Crippen LogP contribution >= 0.6 is 0 Å². The van der Waals surface area contributed by atoms with Crippen molar-refractivity contribution in [2.24, 2.45) is 0 Å². The summed E-state index contributed by atoms with van der Waals surface area (Å²) in [6, 6.07) is 8.03. The molecule has 1 aromatic heterocycles. The molecule has 0 saturated heterocycles. The molecule has 1 aliphatic carbocycles. The molecule has 0 N–H and O–H groups in total. The van der Waals surface area contributed by atoms with E-state index in [9.17, 15) is 4.79 Å². The van der Waals surface area contributed by atoms with E-state index in [0.29, 0.717) is 6.42 Å². The molecule has 98 valence electrons. The maximum Gasteiger partial charge on any atom is 0.164 e. The highest BCUT2D eigenvalue weighted by molar-refractivity contribution is 5.98. The molecule has 3 rings (SSSR count). The van der Waals surface area contributed by atoms with Crippen LogP contribution in [0.25, 0.3) is 0 Å². The van der Waals surface area contributed by atoms with Gasteiger partial charge in [-0.2, -0.15) is 0 Å². The Kier molecular flexibility index (Phi) is 3.11. The molecule has 1 aromatic carbocycles. The standard InChI is InChI=1S/C16H17NO2/c1-19-14-7-5-12(6-8-14)9-17-10-13-3-2-4-16(18)15(13)11-17/h5-8,10-11H,2-4,9H2,1H3. The van der Waals surface area contributed by atoms with Gasteiger partial charge in [0.15, 0.2) is 5.78 Å². The van der Waals surface area contributed by atoms with Crippen molar-refractivity contribution in [3.8, 4) is 5.75 Å². The van der Waals surface area contributed by atoms with Crippen LogP contribution in [0.5, 0.6) is 5.75 Å². The van der Waals surface area contributed by atoms with Crippen LogP contribution in [0.2, 0.25) is 0 Å². The molecular formula is C16H17NO2. The third kappa shape index (κ3) is 2.41. The molecule has 0 aliphatic heterocycles. The number of nitrogens with zero attached hydrogens (tertiary/aromatic N) is 1. The molecule has 0 amide bonds. The van der Waals surface area contributed by atoms with Gasteiger partial charge in [-0.25, -0.2) is 0 Å². The summed E-state index contributed by atoms with van der Waals surface area (Å²) in [6.45, 7) is 0.796. The Morgan fingerprint density at radius 2 is 1.95 bits per heavy atom. The smallest absolute Gasteiger partial charge is 0.164 e. The first-order valence-electron chi connectivity index (χ1n) is 6.61. The predicted molar refractivity (Wildman–Crippen MR) is 73.8 cm³/mol. The van der Waals surface area contributed by atoms with E-state index in [-0.39, 0.29) is 5.78 Å². The summed E-state index contributed by atoms with van der Waals surface area (Å²) < 4.78 is 7.26. The van der Waals surface area contributed by atoms with Gasteiger partial charge in [0.05, 0.1) is 7.11 Å². The zero-order valence-electron chi connectivity index (χ0n) is 11.1. The maximum absolute atomic E-state index is 11.8. The van der Waals surface area contributed by atoms with Crippen LogP contribution in [0.15, 0.2) is 36.7 Å². The monoisotopic (exact) mass is 255 g/mol. The Balaban J connectivity index is 1.81. The van der Waals surface area contributed by atoms with Crippen molar-refractivity contribution < 1.29 is 9.53 Å². The number of hydrogen-bond acceptors (Lipinski definition) is 2. The number of benzene rings is 1. The third-order valence-corrected chi connectivity index (χ3v) is 3.64. The fourth-order valence-electron chi connectivity index (χ4n) is 2.61. The van der Waals surface area contributed by atoms with Gasteiger partial charge in [0.1, 0.15) is 5.75 Å². The lowest BCUT2D eigenvalue weighted by Gasteiger charge is -2.07. The molecule has 0 unspecified atom stereocenters. The minimum Gasteiger partial charge on any atom is -0.497 e. The van der Waals surface area contributed by atoms with Gasteiger partial charge < -0.3 is 9.30 Å². The van der Waals surface area contributed by atoms with Crippen LogP contribution in [0.3, 0.4) is 0 Å². The van der Waals surface area contributed by atoms with Crippen LogP contribution < -0.4 is 4.74 Å². The minimum atomic E-state index is 0.287. The van der Waals surface area contributed by atoms with E-state index in [1.165, 1.54) is 11.1 Å². The van der Waals surface area contributed by atoms with Gasteiger partial charge in [0.2, 0.25) is 0 Å². The van der Waals surface area contributed by atoms with Crippen LogP contribution in [-0.4, -0.2) is 17.5 Å². The second-order valence-corrected chi connectivity index (χ2v) is 4.99. The largest absolute Gasteiger partial charge is 0.497 e. The fourth-order valence-corrected chi connectivity index (χ4v) is 2.61. The van der Waals surface area contributed by atoms with Crippen LogP contribution in [-0.2, 0) is 13.0 Å². The van der Waals surface area contributed by atoms with Crippen molar-refractivity contribution in [3.05, 3.63) is 53.3 Å². The van der Waals surface area contributed by atoms with Gasteiger partial charge in [0, 0.05) is 30.9 Å². The number of fused-ring (bicyclic) bond motifs is 1. The van der Waals surface area contributed by atoms with Gasteiger partial charge in [-0.3, -0.25) is 4.79 Å². The van der Waals surface area contributed by atoms with E-state index in [1.807, 2.05) is 18.3 Å². The summed E-state index contributed by atoms with van der Waals surface area (Å²) in [5, 5.41) is 0. The second kappa shape index (κ2) is 4.92. The molecule has 0 radical (unpaired) electrons. The summed E-state index contributed by atoms with van der Waals surface area (Å²) in [7, 11) is 1.67. The fraction of sp³-hybridized carbons (Fsp3) is 0.312. The average Bonchev–Trinajstić information content (AvgIpc) is 2.84. The van der Waals surface area contributed by atoms with Crippen molar-refractivity contribution in [2.75, 3.05) is 7.11 Å². The molecule has 0 atom stereocenters. The van der Waals surface area contributed by atoms with Crippen LogP contribution in [0.1, 0.15) is 34.3 Å². The number of hydrogen-bond donors (Lipinski definition) is 0. The van der Waals surface area contributed by atoms with Gasteiger partial charge in [0.25, 0.3) is 0 Å². The van der Waals surface area contributed by atoms with E-state index in [2.05, 4.69) is 22.9 Å². The molecule has 1 aliphatic rings. The maximum atomic E-state index is 11.8. The number of Topliss-reactive ketones (excluding diaryl/α,β-unsaturated/α-hetero) is 1. The summed E-state index contributed by atoms with van der Waals surface area (Å²) in [5.74, 6) is 1.15. The first-order chi connectivity index (χ1) is 9.26. The third-order valence-electron chi connectivity index (χ3n) is 3.64. The molecule has 19 heavy (non-hydrogen) atoms. The first kappa shape index (κ1) is 12.0. The molecule has 0 saturated carbocycles. The molecule has 0 fully saturated rings. The molecule has 1 heterocycles. The normalized spacial score (nSPS) is 14.3. The number of ether oxygens (including phenoxy) is 1. The Labute approximate surface area is 112 Å². The Bertz CT molecular complexity index is 596. The van der Waals surface area contributed by atoms with E-state index in [4.69, 9.17) is 4.74 Å². The summed E-state index contributed by atoms with van der Waals surface area (Å²) >= 11 is 0. The number of rotatable bonds is 3. The second-order valence-electron chi connectivity index (χ2n) is 4.99. The Morgan fingerprint density at radius 1 is 1.16 bits per heavy atom. The van der Waals surface area contributed by atoms with E-state index in [1.54, 1.807) is 7.11 Å². The number of aromatic nitrogens is 1. The summed E-state index contributed by atoms with van der Waals surface area (Å²) in [6.07, 6.45) is 6.80. The van der Waals surface area contributed by atoms with Crippen molar-refractivity contribution in [3.63, 3.8) is 0 Å². The van der Waals surface area contributed by atoms with Crippen LogP contribution in [0, 0.1) is 0 Å². The Hall–Kier alpha value is -2.03. The molecule has 0 spiro atoms. The van der Waals surface area contributed by atoms with E-state index < -0.39 is 0 Å². The zero-order valence-corrected chi connectivity index (χ0v) is 11.1. The topological polar surface area (TPSA) is 31.2 Å². The lowest BCUT2D eigenvalue weighted by Crippen LogP contribution is -2.07. The Morgan fingerprint density at radius 3 is 2.63 bits per heavy atom. The summed E-state index contributed by atoms with van der Waals surface area (Å²) in [5.41, 5.74) is 3.32. The number of carbonyl (C=O) groups excluding carboxylic acids is 1. The SMILES string of the molecule is COc1ccc(Cn2cc3c(c2)C(=O)CCC3)cc1. The number of ketones is 1. The van der Waals surface area contributed by atoms with E-state index >= 15 is 0 Å². The van der Waals surface area contributed by atoms with Gasteiger partial charge >= 0.3 is 0 Å². The minimum absolute atomic E-state index is 0.287. The van der Waals surface area contributed by atoms with Gasteiger partial charge in [-0.05, 0) is 36.1 Å². The first-order valence-corrected chi connectivity index (χ1v) is 6.61. The summed E-state index contributed by atoms with van der Waals surface area (Å²) in [4.78, 5) is 11.8. The average molecular weight is 255 g/mol.